The number of carbonyl (C=O) groups excluding carboxylic acids is 3. The van der Waals surface area contributed by atoms with Gasteiger partial charge in [0.25, 0.3) is 5.91 Å². The molecule has 3 amide bonds. The van der Waals surface area contributed by atoms with E-state index in [4.69, 9.17) is 19.4 Å². The number of nitrogens with zero attached hydrogens (tertiary/aromatic N) is 3. The summed E-state index contributed by atoms with van der Waals surface area (Å²) in [6.07, 6.45) is 10.7. The molecule has 3 aromatic rings. The number of pyridine rings is 1. The van der Waals surface area contributed by atoms with Crippen LogP contribution in [-0.2, 0) is 25.4 Å². The smallest absolute Gasteiger partial charge is 0.258 e. The van der Waals surface area contributed by atoms with Gasteiger partial charge in [-0.15, -0.1) is 11.3 Å². The molecule has 278 valence electrons. The number of fused-ring (bicyclic) bond motifs is 3. The lowest BCUT2D eigenvalue weighted by atomic mass is 10.1. The Balaban J connectivity index is 1.19. The number of hydrogen-bond donors (Lipinski definition) is 2. The molecule has 2 aromatic heterocycles. The van der Waals surface area contributed by atoms with Crippen LogP contribution >= 0.6 is 11.3 Å². The summed E-state index contributed by atoms with van der Waals surface area (Å²) in [6.45, 7) is 8.30. The summed E-state index contributed by atoms with van der Waals surface area (Å²) in [5, 5.41) is 6.69. The van der Waals surface area contributed by atoms with E-state index in [1.807, 2.05) is 38.1 Å². The van der Waals surface area contributed by atoms with Crippen molar-refractivity contribution < 1.29 is 28.1 Å². The number of aryl methyl sites for hydroxylation is 1. The van der Waals surface area contributed by atoms with Crippen molar-refractivity contribution in [2.75, 3.05) is 13.7 Å². The zero-order chi connectivity index (χ0) is 36.8. The Bertz CT molecular complexity index is 1940. The Hall–Kier alpha value is -3.84. The minimum atomic E-state index is -1.55. The lowest BCUT2D eigenvalue weighted by Crippen LogP contribution is -2.56. The van der Waals surface area contributed by atoms with Crippen molar-refractivity contribution in [2.24, 2.45) is 5.92 Å². The predicted octanol–water partition coefficient (Wildman–Crippen LogP) is 6.26. The second kappa shape index (κ2) is 14.5. The minimum absolute atomic E-state index is 0.0993. The first-order chi connectivity index (χ1) is 24.9. The van der Waals surface area contributed by atoms with Crippen molar-refractivity contribution in [3.05, 3.63) is 47.0 Å². The minimum Gasteiger partial charge on any atom is -0.496 e. The highest BCUT2D eigenvalue weighted by Crippen LogP contribution is 2.47. The number of hydrogen-bond acceptors (Lipinski definition) is 9. The van der Waals surface area contributed by atoms with Crippen LogP contribution in [0.5, 0.6) is 11.5 Å². The third-order valence-electron chi connectivity index (χ3n) is 11.1. The maximum Gasteiger partial charge on any atom is 0.258 e. The number of amides is 3. The molecule has 0 bridgehead atoms. The molecule has 0 spiro atoms. The maximum atomic E-state index is 14.3. The van der Waals surface area contributed by atoms with Gasteiger partial charge < -0.3 is 19.7 Å². The Morgan fingerprint density at radius 1 is 1.13 bits per heavy atom. The van der Waals surface area contributed by atoms with Crippen LogP contribution in [0.3, 0.4) is 0 Å². The van der Waals surface area contributed by atoms with Gasteiger partial charge in [0, 0.05) is 41.2 Å². The van der Waals surface area contributed by atoms with Gasteiger partial charge in [-0.05, 0) is 70.4 Å². The van der Waals surface area contributed by atoms with E-state index in [1.165, 1.54) is 11.3 Å². The topological polar surface area (TPSA) is 140 Å². The first-order valence-electron chi connectivity index (χ1n) is 18.5. The fourth-order valence-electron chi connectivity index (χ4n) is 7.30. The molecule has 1 aromatic carbocycles. The van der Waals surface area contributed by atoms with Gasteiger partial charge in [0.2, 0.25) is 11.8 Å². The largest absolute Gasteiger partial charge is 0.496 e. The summed E-state index contributed by atoms with van der Waals surface area (Å²) >= 11 is 1.53. The molecule has 3 fully saturated rings. The van der Waals surface area contributed by atoms with E-state index in [2.05, 4.69) is 35.3 Å². The van der Waals surface area contributed by atoms with Crippen molar-refractivity contribution in [1.82, 2.24) is 24.9 Å². The highest BCUT2D eigenvalue weighted by molar-refractivity contribution is 7.85. The Kier molecular flexibility index (Phi) is 10.2. The monoisotopic (exact) mass is 747 g/mol. The van der Waals surface area contributed by atoms with Crippen LogP contribution in [0.1, 0.15) is 102 Å². The van der Waals surface area contributed by atoms with Gasteiger partial charge in [-0.25, -0.2) is 14.2 Å². The summed E-state index contributed by atoms with van der Waals surface area (Å²) in [6, 6.07) is 4.89. The summed E-state index contributed by atoms with van der Waals surface area (Å²) in [5.41, 5.74) is 2.06. The first kappa shape index (κ1) is 36.5. The van der Waals surface area contributed by atoms with E-state index in [0.29, 0.717) is 30.0 Å². The van der Waals surface area contributed by atoms with Crippen LogP contribution in [0.25, 0.3) is 21.6 Å². The van der Waals surface area contributed by atoms with Crippen molar-refractivity contribution >= 4 is 50.9 Å². The third kappa shape index (κ3) is 7.22. The van der Waals surface area contributed by atoms with Crippen LogP contribution in [0.15, 0.2) is 35.7 Å². The number of methoxy groups -OCH3 is 1. The molecule has 4 aliphatic rings. The molecule has 2 aliphatic carbocycles. The number of allylic oxidation sites excluding steroid dienone is 1. The van der Waals surface area contributed by atoms with Gasteiger partial charge in [0.1, 0.15) is 50.9 Å². The molecule has 13 heteroatoms. The van der Waals surface area contributed by atoms with Crippen LogP contribution in [0.2, 0.25) is 0 Å². The number of benzene rings is 1. The molecule has 52 heavy (non-hydrogen) atoms. The van der Waals surface area contributed by atoms with Crippen molar-refractivity contribution in [2.45, 2.75) is 120 Å². The number of aromatic nitrogens is 2. The zero-order valence-electron chi connectivity index (χ0n) is 30.7. The predicted molar refractivity (Wildman–Crippen MR) is 203 cm³/mol. The lowest BCUT2D eigenvalue weighted by molar-refractivity contribution is -0.139. The molecule has 1 saturated heterocycles. The Morgan fingerprint density at radius 3 is 2.65 bits per heavy atom. The number of rotatable bonds is 8. The molecule has 2 N–H and O–H groups in total. The molecule has 11 nitrogen and oxygen atoms in total. The average Bonchev–Trinajstić information content (AvgIpc) is 3.88. The molecule has 2 aliphatic heterocycles. The van der Waals surface area contributed by atoms with E-state index in [1.54, 1.807) is 12.0 Å². The Morgan fingerprint density at radius 2 is 1.92 bits per heavy atom. The Labute approximate surface area is 311 Å². The van der Waals surface area contributed by atoms with E-state index in [0.717, 1.165) is 72.1 Å². The van der Waals surface area contributed by atoms with Crippen LogP contribution < -0.4 is 19.5 Å². The second-order valence-electron chi connectivity index (χ2n) is 15.4. The fraction of sp³-hybridized carbons (Fsp3) is 0.564. The van der Waals surface area contributed by atoms with Crippen molar-refractivity contribution in [3.8, 4) is 22.2 Å². The van der Waals surface area contributed by atoms with E-state index in [9.17, 15) is 18.6 Å². The highest BCUT2D eigenvalue weighted by atomic mass is 32.2. The molecule has 2 saturated carbocycles. The summed E-state index contributed by atoms with van der Waals surface area (Å²) in [4.78, 5) is 53.3. The number of nitrogens with one attached hydrogen (secondary N) is 2. The van der Waals surface area contributed by atoms with Gasteiger partial charge in [0.15, 0.2) is 0 Å². The highest BCUT2D eigenvalue weighted by Gasteiger charge is 2.62. The van der Waals surface area contributed by atoms with Crippen molar-refractivity contribution in [1.29, 1.82) is 0 Å². The first-order valence-corrected chi connectivity index (χ1v) is 20.6. The normalized spacial score (nSPS) is 27.1. The maximum absolute atomic E-state index is 14.3. The molecule has 7 rings (SSSR count). The number of ether oxygens (including phenoxy) is 2. The second-order valence-corrected chi connectivity index (χ2v) is 18.0. The fourth-order valence-corrected chi connectivity index (χ4v) is 9.31. The molecule has 0 radical (unpaired) electrons. The molecule has 4 heterocycles. The van der Waals surface area contributed by atoms with Crippen LogP contribution in [0, 0.1) is 12.8 Å². The average molecular weight is 748 g/mol. The third-order valence-corrected chi connectivity index (χ3v) is 13.7. The zero-order valence-corrected chi connectivity index (χ0v) is 32.3. The molecular formula is C39H49N5O6S2. The number of thiazole rings is 1. The standard InChI is InChI=1S/C39H49N5O6S2/c1-23(2)29-22-51-36(41-29)28-19-32(27-14-15-31(49-5)24(3)34(27)40-28)50-26-18-30-35(46)42-39(37(47)43-52(48)38(4)16-17-38)20-25(39)12-10-8-6-7-9-11-13-33(45)44(30)21-26/h10,12,14-15,19,22-23,25-26,30H,6-9,11,13,16-18,20-21H2,1-5H3,(H,42,46)(H,43,47)/b12-10-/t25-,26-,30?,39-,52?/m1/s1. The van der Waals surface area contributed by atoms with Gasteiger partial charge in [-0.2, -0.15) is 0 Å². The summed E-state index contributed by atoms with van der Waals surface area (Å²) in [5.74, 6) is 0.428. The lowest BCUT2D eigenvalue weighted by Gasteiger charge is -2.26. The van der Waals surface area contributed by atoms with Gasteiger partial charge in [0.05, 0.1) is 29.6 Å². The van der Waals surface area contributed by atoms with Gasteiger partial charge in [-0.3, -0.25) is 19.1 Å². The molecule has 2 unspecified atom stereocenters. The van der Waals surface area contributed by atoms with Gasteiger partial charge >= 0.3 is 0 Å². The number of carbonyl (C=O) groups is 3. The van der Waals surface area contributed by atoms with E-state index in [-0.39, 0.29) is 30.7 Å². The SMILES string of the molecule is COc1ccc2c(O[C@@H]3CC4C(=O)N[C@]5(C(=O)NS(=O)C6(C)CC6)C[C@H]5/C=C\CCCCCCC(=O)N4C3)cc(-c3nc(C(C)C)cs3)nc2c1C. The quantitative estimate of drug-likeness (QED) is 0.258. The summed E-state index contributed by atoms with van der Waals surface area (Å²) in [7, 11) is 0.0841. The summed E-state index contributed by atoms with van der Waals surface area (Å²) < 4.78 is 27.7. The van der Waals surface area contributed by atoms with Crippen LogP contribution in [-0.4, -0.2) is 72.9 Å². The van der Waals surface area contributed by atoms with Crippen molar-refractivity contribution in [3.63, 3.8) is 0 Å². The van der Waals surface area contributed by atoms with E-state index >= 15 is 0 Å². The van der Waals surface area contributed by atoms with Crippen LogP contribution in [0.4, 0.5) is 0 Å². The molecule has 5 atom stereocenters. The van der Waals surface area contributed by atoms with E-state index < -0.39 is 45.2 Å². The molecular weight excluding hydrogens is 699 g/mol. The van der Waals surface area contributed by atoms with Gasteiger partial charge in [-0.1, -0.05) is 38.8 Å².